The van der Waals surface area contributed by atoms with Crippen LogP contribution in [0, 0.1) is 9.49 Å². The zero-order chi connectivity index (χ0) is 12.1. The number of hydrogen-bond donors (Lipinski definition) is 1. The third-order valence-corrected chi connectivity index (χ3v) is 3.79. The first-order valence-electron chi connectivity index (χ1n) is 5.63. The Morgan fingerprint density at radius 1 is 1.31 bits per heavy atom. The fourth-order valence-electron chi connectivity index (χ4n) is 1.64. The fourth-order valence-corrected chi connectivity index (χ4v) is 2.52. The van der Waals surface area contributed by atoms with E-state index in [9.17, 15) is 5.11 Å². The van der Waals surface area contributed by atoms with Crippen LogP contribution in [0.2, 0.25) is 5.02 Å². The van der Waals surface area contributed by atoms with Gasteiger partial charge in [0.2, 0.25) is 0 Å². The second-order valence-corrected chi connectivity index (χ2v) is 6.11. The monoisotopic (exact) mass is 352 g/mol. The van der Waals surface area contributed by atoms with Crippen molar-refractivity contribution in [1.29, 1.82) is 0 Å². The van der Waals surface area contributed by atoms with Crippen molar-refractivity contribution in [2.45, 2.75) is 39.2 Å². The summed E-state index contributed by atoms with van der Waals surface area (Å²) >= 11 is 8.17. The molecule has 1 aromatic rings. The molecule has 0 aliphatic carbocycles. The molecule has 1 rings (SSSR count). The molecule has 1 unspecified atom stereocenters. The Morgan fingerprint density at radius 3 is 2.62 bits per heavy atom. The van der Waals surface area contributed by atoms with Gasteiger partial charge in [-0.2, -0.15) is 0 Å². The lowest BCUT2D eigenvalue weighted by atomic mass is 10.0. The van der Waals surface area contributed by atoms with E-state index in [2.05, 4.69) is 36.4 Å². The third kappa shape index (κ3) is 4.60. The minimum Gasteiger partial charge on any atom is -0.388 e. The second kappa shape index (κ2) is 6.82. The van der Waals surface area contributed by atoms with Crippen molar-refractivity contribution in [1.82, 2.24) is 0 Å². The molecule has 1 N–H and O–H groups in total. The average molecular weight is 353 g/mol. The third-order valence-electron chi connectivity index (χ3n) is 2.58. The quantitative estimate of drug-likeness (QED) is 0.754. The van der Waals surface area contributed by atoms with Gasteiger partial charge >= 0.3 is 0 Å². The molecule has 0 saturated carbocycles. The van der Waals surface area contributed by atoms with Crippen LogP contribution < -0.4 is 0 Å². The lowest BCUT2D eigenvalue weighted by Crippen LogP contribution is -2.01. The Balaban J connectivity index is 2.58. The van der Waals surface area contributed by atoms with Crippen LogP contribution in [0.1, 0.15) is 44.8 Å². The normalized spacial score (nSPS) is 13.1. The van der Waals surface area contributed by atoms with E-state index in [-0.39, 0.29) is 6.10 Å². The summed E-state index contributed by atoms with van der Waals surface area (Å²) in [5.41, 5.74) is 0.955. The van der Waals surface area contributed by atoms with E-state index in [1.54, 1.807) is 0 Å². The van der Waals surface area contributed by atoms with Gasteiger partial charge in [0.1, 0.15) is 0 Å². The number of rotatable bonds is 5. The molecule has 1 atom stereocenters. The highest BCUT2D eigenvalue weighted by Crippen LogP contribution is 2.27. The lowest BCUT2D eigenvalue weighted by molar-refractivity contribution is 0.161. The van der Waals surface area contributed by atoms with Crippen molar-refractivity contribution in [3.8, 4) is 0 Å². The van der Waals surface area contributed by atoms with Crippen molar-refractivity contribution in [3.63, 3.8) is 0 Å². The maximum Gasteiger partial charge on any atom is 0.0800 e. The zero-order valence-electron chi connectivity index (χ0n) is 9.71. The first-order valence-corrected chi connectivity index (χ1v) is 7.09. The molecule has 0 amide bonds. The van der Waals surface area contributed by atoms with Gasteiger partial charge in [0, 0.05) is 8.59 Å². The van der Waals surface area contributed by atoms with Gasteiger partial charge in [-0.15, -0.1) is 0 Å². The van der Waals surface area contributed by atoms with Crippen LogP contribution in [-0.2, 0) is 0 Å². The summed E-state index contributed by atoms with van der Waals surface area (Å²) in [6.45, 7) is 4.41. The van der Waals surface area contributed by atoms with Gasteiger partial charge in [0.15, 0.2) is 0 Å². The summed E-state index contributed by atoms with van der Waals surface area (Å²) in [4.78, 5) is 0. The van der Waals surface area contributed by atoms with Gasteiger partial charge in [0.05, 0.1) is 6.10 Å². The van der Waals surface area contributed by atoms with Crippen molar-refractivity contribution in [3.05, 3.63) is 32.4 Å². The predicted octanol–water partition coefficient (Wildman–Crippen LogP) is 4.80. The molecule has 0 bridgehead atoms. The molecule has 0 saturated heterocycles. The molecule has 0 fully saturated rings. The predicted molar refractivity (Wildman–Crippen MR) is 77.8 cm³/mol. The Hall–Kier alpha value is 0.200. The van der Waals surface area contributed by atoms with Crippen LogP contribution in [0.25, 0.3) is 0 Å². The van der Waals surface area contributed by atoms with Crippen molar-refractivity contribution in [2.75, 3.05) is 0 Å². The largest absolute Gasteiger partial charge is 0.388 e. The minimum atomic E-state index is -0.385. The number of halogens is 2. The van der Waals surface area contributed by atoms with Crippen LogP contribution in [0.5, 0.6) is 0 Å². The van der Waals surface area contributed by atoms with E-state index in [1.165, 1.54) is 0 Å². The molecule has 90 valence electrons. The van der Waals surface area contributed by atoms with Crippen LogP contribution in [-0.4, -0.2) is 5.11 Å². The van der Waals surface area contributed by atoms with Crippen LogP contribution in [0.15, 0.2) is 18.2 Å². The average Bonchev–Trinajstić information content (AvgIpc) is 2.21. The molecule has 0 heterocycles. The van der Waals surface area contributed by atoms with Crippen LogP contribution in [0.4, 0.5) is 0 Å². The summed E-state index contributed by atoms with van der Waals surface area (Å²) < 4.78 is 1.08. The SMILES string of the molecule is CC(C)CCCC(O)c1cc(Cl)ccc1I. The maximum atomic E-state index is 10.1. The maximum absolute atomic E-state index is 10.1. The zero-order valence-corrected chi connectivity index (χ0v) is 12.6. The van der Waals surface area contributed by atoms with Crippen LogP contribution >= 0.6 is 34.2 Å². The minimum absolute atomic E-state index is 0.385. The smallest absolute Gasteiger partial charge is 0.0800 e. The Labute approximate surface area is 116 Å². The molecule has 1 nitrogen and oxygen atoms in total. The molecule has 1 aromatic carbocycles. The molecule has 0 aliphatic rings. The van der Waals surface area contributed by atoms with Crippen molar-refractivity contribution in [2.24, 2.45) is 5.92 Å². The molecular formula is C13H18ClIO. The Morgan fingerprint density at radius 2 is 2.00 bits per heavy atom. The van der Waals surface area contributed by atoms with E-state index in [1.807, 2.05) is 18.2 Å². The summed E-state index contributed by atoms with van der Waals surface area (Å²) in [7, 11) is 0. The molecular weight excluding hydrogens is 334 g/mol. The van der Waals surface area contributed by atoms with E-state index in [4.69, 9.17) is 11.6 Å². The molecule has 3 heteroatoms. The number of benzene rings is 1. The highest BCUT2D eigenvalue weighted by atomic mass is 127. The van der Waals surface area contributed by atoms with E-state index in [0.29, 0.717) is 10.9 Å². The molecule has 0 aliphatic heterocycles. The second-order valence-electron chi connectivity index (χ2n) is 4.51. The highest BCUT2D eigenvalue weighted by molar-refractivity contribution is 14.1. The molecule has 16 heavy (non-hydrogen) atoms. The number of hydrogen-bond acceptors (Lipinski definition) is 1. The topological polar surface area (TPSA) is 20.2 Å². The Bertz CT molecular complexity index is 339. The summed E-state index contributed by atoms with van der Waals surface area (Å²) in [6, 6.07) is 5.67. The van der Waals surface area contributed by atoms with E-state index < -0.39 is 0 Å². The first-order chi connectivity index (χ1) is 7.50. The van der Waals surface area contributed by atoms with Gasteiger partial charge in [-0.25, -0.2) is 0 Å². The van der Waals surface area contributed by atoms with Gasteiger partial charge in [0.25, 0.3) is 0 Å². The Kier molecular flexibility index (Phi) is 6.08. The van der Waals surface area contributed by atoms with Gasteiger partial charge in [-0.3, -0.25) is 0 Å². The van der Waals surface area contributed by atoms with Crippen LogP contribution in [0.3, 0.4) is 0 Å². The van der Waals surface area contributed by atoms with Gasteiger partial charge in [-0.05, 0) is 58.7 Å². The fraction of sp³-hybridized carbons (Fsp3) is 0.538. The first kappa shape index (κ1) is 14.3. The van der Waals surface area contributed by atoms with Gasteiger partial charge < -0.3 is 5.11 Å². The van der Waals surface area contributed by atoms with E-state index in [0.717, 1.165) is 28.4 Å². The molecule has 0 spiro atoms. The van der Waals surface area contributed by atoms with Crippen molar-refractivity contribution >= 4 is 34.2 Å². The van der Waals surface area contributed by atoms with E-state index >= 15 is 0 Å². The highest BCUT2D eigenvalue weighted by Gasteiger charge is 2.11. The number of aliphatic hydroxyl groups is 1. The summed E-state index contributed by atoms with van der Waals surface area (Å²) in [5.74, 6) is 0.700. The molecule has 0 radical (unpaired) electrons. The standard InChI is InChI=1S/C13H18ClIO/c1-9(2)4-3-5-13(16)11-8-10(14)6-7-12(11)15/h6-9,13,16H,3-5H2,1-2H3. The lowest BCUT2D eigenvalue weighted by Gasteiger charge is -2.14. The summed E-state index contributed by atoms with van der Waals surface area (Å²) in [5, 5.41) is 10.8. The molecule has 0 aromatic heterocycles. The van der Waals surface area contributed by atoms with Crippen molar-refractivity contribution < 1.29 is 5.11 Å². The number of aliphatic hydroxyl groups excluding tert-OH is 1. The van der Waals surface area contributed by atoms with Gasteiger partial charge in [-0.1, -0.05) is 38.3 Å². The summed E-state index contributed by atoms with van der Waals surface area (Å²) in [6.07, 6.45) is 2.65.